The van der Waals surface area contributed by atoms with Crippen molar-refractivity contribution >= 4 is 29.0 Å². The zero-order chi connectivity index (χ0) is 15.4. The molecule has 0 unspecified atom stereocenters. The number of carbonyl (C=O) groups excluding carboxylic acids is 1. The maximum Gasteiger partial charge on any atom is 0.248 e. The standard InChI is InChI=1S/C14H13N5OS2/c15-13(20)11-5-3-10(4-6-11)9-22-14-16-17-18-19(14)8-12-2-1-7-21-12/h1-7H,8-9H2,(H2,15,20). The van der Waals surface area contributed by atoms with Crippen LogP contribution in [-0.2, 0) is 12.3 Å². The molecule has 0 bridgehead atoms. The van der Waals surface area contributed by atoms with Crippen molar-refractivity contribution in [3.63, 3.8) is 0 Å². The smallest absolute Gasteiger partial charge is 0.248 e. The molecule has 3 aromatic rings. The number of benzene rings is 1. The van der Waals surface area contributed by atoms with E-state index in [1.807, 2.05) is 23.6 Å². The highest BCUT2D eigenvalue weighted by Gasteiger charge is 2.08. The molecule has 0 spiro atoms. The number of nitrogens with two attached hydrogens (primary N) is 1. The second-order valence-electron chi connectivity index (χ2n) is 4.55. The van der Waals surface area contributed by atoms with Crippen LogP contribution >= 0.6 is 23.1 Å². The van der Waals surface area contributed by atoms with Gasteiger partial charge in [-0.3, -0.25) is 4.79 Å². The van der Waals surface area contributed by atoms with E-state index in [2.05, 4.69) is 21.6 Å². The van der Waals surface area contributed by atoms with Crippen molar-refractivity contribution in [3.05, 3.63) is 57.8 Å². The number of tetrazole rings is 1. The summed E-state index contributed by atoms with van der Waals surface area (Å²) < 4.78 is 1.79. The number of hydrogen-bond acceptors (Lipinski definition) is 6. The minimum absolute atomic E-state index is 0.418. The number of rotatable bonds is 6. The van der Waals surface area contributed by atoms with Gasteiger partial charge in [0.1, 0.15) is 0 Å². The van der Waals surface area contributed by atoms with Crippen molar-refractivity contribution in [2.75, 3.05) is 0 Å². The Labute approximate surface area is 135 Å². The van der Waals surface area contributed by atoms with Gasteiger partial charge in [0.15, 0.2) is 0 Å². The van der Waals surface area contributed by atoms with Crippen LogP contribution in [0.2, 0.25) is 0 Å². The number of primary amides is 1. The maximum absolute atomic E-state index is 11.0. The molecule has 2 heterocycles. The first kappa shape index (κ1) is 14.7. The lowest BCUT2D eigenvalue weighted by Gasteiger charge is -2.04. The molecule has 0 fully saturated rings. The minimum Gasteiger partial charge on any atom is -0.366 e. The summed E-state index contributed by atoms with van der Waals surface area (Å²) in [4.78, 5) is 12.2. The molecule has 1 aromatic carbocycles. The first-order chi connectivity index (χ1) is 10.7. The summed E-state index contributed by atoms with van der Waals surface area (Å²) in [5.41, 5.74) is 6.82. The van der Waals surface area contributed by atoms with Crippen molar-refractivity contribution in [1.29, 1.82) is 0 Å². The van der Waals surface area contributed by atoms with Crippen LogP contribution in [0.5, 0.6) is 0 Å². The molecule has 0 atom stereocenters. The van der Waals surface area contributed by atoms with Gasteiger partial charge in [-0.05, 0) is 39.6 Å². The Morgan fingerprint density at radius 1 is 1.27 bits per heavy atom. The fourth-order valence-electron chi connectivity index (χ4n) is 1.86. The van der Waals surface area contributed by atoms with Gasteiger partial charge >= 0.3 is 0 Å². The Morgan fingerprint density at radius 3 is 2.77 bits per heavy atom. The van der Waals surface area contributed by atoms with E-state index in [9.17, 15) is 4.79 Å². The van der Waals surface area contributed by atoms with E-state index in [0.29, 0.717) is 12.1 Å². The summed E-state index contributed by atoms with van der Waals surface area (Å²) in [6.07, 6.45) is 0. The van der Waals surface area contributed by atoms with Crippen molar-refractivity contribution < 1.29 is 4.79 Å². The monoisotopic (exact) mass is 331 g/mol. The molecular formula is C14H13N5OS2. The highest BCUT2D eigenvalue weighted by atomic mass is 32.2. The third kappa shape index (κ3) is 3.52. The summed E-state index contributed by atoms with van der Waals surface area (Å²) in [7, 11) is 0. The number of thiophene rings is 1. The van der Waals surface area contributed by atoms with Crippen LogP contribution in [0.15, 0.2) is 46.9 Å². The molecule has 0 radical (unpaired) electrons. The van der Waals surface area contributed by atoms with Crippen LogP contribution in [0.3, 0.4) is 0 Å². The lowest BCUT2D eigenvalue weighted by molar-refractivity contribution is 0.100. The Morgan fingerprint density at radius 2 is 2.09 bits per heavy atom. The highest BCUT2D eigenvalue weighted by Crippen LogP contribution is 2.21. The van der Waals surface area contributed by atoms with Crippen LogP contribution in [0, 0.1) is 0 Å². The molecule has 0 aliphatic rings. The van der Waals surface area contributed by atoms with E-state index in [1.165, 1.54) is 4.88 Å². The van der Waals surface area contributed by atoms with E-state index in [0.717, 1.165) is 16.5 Å². The van der Waals surface area contributed by atoms with Crippen LogP contribution in [0.4, 0.5) is 0 Å². The van der Waals surface area contributed by atoms with Gasteiger partial charge in [-0.2, -0.15) is 0 Å². The normalized spacial score (nSPS) is 10.7. The first-order valence-corrected chi connectivity index (χ1v) is 8.39. The zero-order valence-corrected chi connectivity index (χ0v) is 13.2. The van der Waals surface area contributed by atoms with Crippen molar-refractivity contribution in [2.45, 2.75) is 17.5 Å². The predicted molar refractivity (Wildman–Crippen MR) is 85.8 cm³/mol. The molecule has 3 rings (SSSR count). The summed E-state index contributed by atoms with van der Waals surface area (Å²) >= 11 is 3.24. The summed E-state index contributed by atoms with van der Waals surface area (Å²) in [6, 6.07) is 11.3. The quantitative estimate of drug-likeness (QED) is 0.700. The molecule has 22 heavy (non-hydrogen) atoms. The van der Waals surface area contributed by atoms with Crippen LogP contribution in [0.25, 0.3) is 0 Å². The molecule has 6 nitrogen and oxygen atoms in total. The molecule has 0 saturated heterocycles. The topological polar surface area (TPSA) is 86.7 Å². The molecule has 2 N–H and O–H groups in total. The predicted octanol–water partition coefficient (Wildman–Crippen LogP) is 2.17. The van der Waals surface area contributed by atoms with Crippen molar-refractivity contribution in [1.82, 2.24) is 20.2 Å². The van der Waals surface area contributed by atoms with E-state index < -0.39 is 5.91 Å². The minimum atomic E-state index is -0.418. The van der Waals surface area contributed by atoms with E-state index >= 15 is 0 Å². The summed E-state index contributed by atoms with van der Waals surface area (Å²) in [5, 5.41) is 14.6. The number of thioether (sulfide) groups is 1. The average Bonchev–Trinajstić information content (AvgIpc) is 3.18. The third-order valence-electron chi connectivity index (χ3n) is 2.99. The fourth-order valence-corrected chi connectivity index (χ4v) is 3.38. The second-order valence-corrected chi connectivity index (χ2v) is 6.52. The summed E-state index contributed by atoms with van der Waals surface area (Å²) in [6.45, 7) is 0.674. The molecule has 2 aromatic heterocycles. The third-order valence-corrected chi connectivity index (χ3v) is 4.88. The Bertz CT molecular complexity index is 752. The van der Waals surface area contributed by atoms with Gasteiger partial charge in [-0.15, -0.1) is 16.4 Å². The van der Waals surface area contributed by atoms with Gasteiger partial charge in [0.2, 0.25) is 11.1 Å². The Balaban J connectivity index is 1.64. The molecule has 1 amide bonds. The number of carbonyl (C=O) groups is 1. The Hall–Kier alpha value is -2.19. The van der Waals surface area contributed by atoms with Crippen molar-refractivity contribution in [2.24, 2.45) is 5.73 Å². The fraction of sp³-hybridized carbons (Fsp3) is 0.143. The zero-order valence-electron chi connectivity index (χ0n) is 11.5. The van der Waals surface area contributed by atoms with Crippen LogP contribution in [-0.4, -0.2) is 26.1 Å². The number of aromatic nitrogens is 4. The maximum atomic E-state index is 11.0. The number of amides is 1. The van der Waals surface area contributed by atoms with Gasteiger partial charge in [-0.25, -0.2) is 4.68 Å². The lowest BCUT2D eigenvalue weighted by Crippen LogP contribution is -2.10. The van der Waals surface area contributed by atoms with Gasteiger partial charge in [-0.1, -0.05) is 30.0 Å². The molecule has 0 aliphatic heterocycles. The summed E-state index contributed by atoms with van der Waals surface area (Å²) in [5.74, 6) is 0.309. The van der Waals surface area contributed by atoms with Crippen LogP contribution in [0.1, 0.15) is 20.8 Å². The number of hydrogen-bond donors (Lipinski definition) is 1. The van der Waals surface area contributed by atoms with Crippen LogP contribution < -0.4 is 5.73 Å². The van der Waals surface area contributed by atoms with E-state index in [4.69, 9.17) is 5.73 Å². The molecule has 0 saturated carbocycles. The number of nitrogens with zero attached hydrogens (tertiary/aromatic N) is 4. The lowest BCUT2D eigenvalue weighted by atomic mass is 10.1. The van der Waals surface area contributed by atoms with E-state index in [1.54, 1.807) is 39.9 Å². The molecule has 8 heteroatoms. The Kier molecular flexibility index (Phi) is 4.50. The highest BCUT2D eigenvalue weighted by molar-refractivity contribution is 7.98. The average molecular weight is 331 g/mol. The largest absolute Gasteiger partial charge is 0.366 e. The van der Waals surface area contributed by atoms with Gasteiger partial charge in [0.25, 0.3) is 0 Å². The molecule has 112 valence electrons. The van der Waals surface area contributed by atoms with Gasteiger partial charge < -0.3 is 5.73 Å². The molecule has 0 aliphatic carbocycles. The second kappa shape index (κ2) is 6.71. The molecular weight excluding hydrogens is 318 g/mol. The van der Waals surface area contributed by atoms with Gasteiger partial charge in [0, 0.05) is 16.2 Å². The van der Waals surface area contributed by atoms with Gasteiger partial charge in [0.05, 0.1) is 6.54 Å². The van der Waals surface area contributed by atoms with Crippen molar-refractivity contribution in [3.8, 4) is 0 Å². The first-order valence-electron chi connectivity index (χ1n) is 6.52. The van der Waals surface area contributed by atoms with E-state index in [-0.39, 0.29) is 0 Å². The SMILES string of the molecule is NC(=O)c1ccc(CSc2nnnn2Cc2cccs2)cc1.